The first-order valence-electron chi connectivity index (χ1n) is 4.26. The Balaban J connectivity index is 2.80. The molecular formula is C10H13N3. The Bertz CT molecular complexity index is 443. The van der Waals surface area contributed by atoms with Crippen LogP contribution >= 0.6 is 0 Å². The summed E-state index contributed by atoms with van der Waals surface area (Å²) in [6, 6.07) is 5.89. The van der Waals surface area contributed by atoms with E-state index in [1.54, 1.807) is 0 Å². The van der Waals surface area contributed by atoms with E-state index in [0.717, 1.165) is 16.8 Å². The lowest BCUT2D eigenvalue weighted by Gasteiger charge is -1.97. The Labute approximate surface area is 76.9 Å². The van der Waals surface area contributed by atoms with Crippen LogP contribution in [0.1, 0.15) is 5.56 Å². The number of hydrogen-bond donors (Lipinski definition) is 2. The summed E-state index contributed by atoms with van der Waals surface area (Å²) >= 11 is 0. The molecule has 2 aromatic rings. The van der Waals surface area contributed by atoms with E-state index in [0.29, 0.717) is 6.54 Å². The quantitative estimate of drug-likeness (QED) is 0.640. The molecule has 0 aliphatic rings. The minimum atomic E-state index is 0.571. The Morgan fingerprint density at radius 2 is 2.15 bits per heavy atom. The largest absolute Gasteiger partial charge is 0.399 e. The first-order chi connectivity index (χ1) is 6.22. The van der Waals surface area contributed by atoms with E-state index >= 15 is 0 Å². The standard InChI is InChI=1S/C10H13N3/c1-13-6-7(5-11)9-3-2-8(12)4-10(9)13/h2-4,6H,5,11-12H2,1H3. The summed E-state index contributed by atoms with van der Waals surface area (Å²) < 4.78 is 2.05. The third kappa shape index (κ3) is 1.17. The van der Waals surface area contributed by atoms with Crippen LogP contribution in [0, 0.1) is 0 Å². The van der Waals surface area contributed by atoms with Gasteiger partial charge in [0.1, 0.15) is 0 Å². The highest BCUT2D eigenvalue weighted by molar-refractivity contribution is 5.86. The molecule has 0 aliphatic carbocycles. The molecule has 0 fully saturated rings. The van der Waals surface area contributed by atoms with Crippen LogP contribution in [0.15, 0.2) is 24.4 Å². The van der Waals surface area contributed by atoms with Crippen molar-refractivity contribution in [1.29, 1.82) is 0 Å². The molecule has 0 unspecified atom stereocenters. The van der Waals surface area contributed by atoms with Gasteiger partial charge in [0.15, 0.2) is 0 Å². The number of rotatable bonds is 1. The Kier molecular flexibility index (Phi) is 1.74. The monoisotopic (exact) mass is 175 g/mol. The number of aryl methyl sites for hydroxylation is 1. The molecule has 0 saturated carbocycles. The number of nitrogens with two attached hydrogens (primary N) is 2. The van der Waals surface area contributed by atoms with Crippen molar-refractivity contribution in [3.63, 3.8) is 0 Å². The first kappa shape index (κ1) is 8.13. The van der Waals surface area contributed by atoms with E-state index in [1.807, 2.05) is 36.0 Å². The molecule has 0 atom stereocenters. The molecule has 0 amide bonds. The average Bonchev–Trinajstić information content (AvgIpc) is 2.43. The summed E-state index contributed by atoms with van der Waals surface area (Å²) in [5, 5.41) is 1.19. The highest BCUT2D eigenvalue weighted by Gasteiger charge is 2.04. The smallest absolute Gasteiger partial charge is 0.0501 e. The molecule has 1 heterocycles. The van der Waals surface area contributed by atoms with Crippen molar-refractivity contribution >= 4 is 16.6 Å². The highest BCUT2D eigenvalue weighted by Crippen LogP contribution is 2.22. The van der Waals surface area contributed by atoms with Crippen LogP contribution in [0.5, 0.6) is 0 Å². The predicted molar refractivity (Wildman–Crippen MR) is 55.2 cm³/mol. The summed E-state index contributed by atoms with van der Waals surface area (Å²) in [7, 11) is 2.00. The molecule has 68 valence electrons. The fourth-order valence-corrected chi connectivity index (χ4v) is 1.65. The van der Waals surface area contributed by atoms with Gasteiger partial charge in [0.05, 0.1) is 5.52 Å². The van der Waals surface area contributed by atoms with Gasteiger partial charge < -0.3 is 16.0 Å². The van der Waals surface area contributed by atoms with E-state index in [1.165, 1.54) is 5.39 Å². The molecule has 0 bridgehead atoms. The maximum atomic E-state index is 5.70. The van der Waals surface area contributed by atoms with Gasteiger partial charge in [0, 0.05) is 30.9 Å². The Hall–Kier alpha value is -1.48. The summed E-state index contributed by atoms with van der Waals surface area (Å²) in [4.78, 5) is 0. The maximum absolute atomic E-state index is 5.70. The minimum absolute atomic E-state index is 0.571. The molecule has 3 heteroatoms. The molecule has 2 rings (SSSR count). The van der Waals surface area contributed by atoms with Crippen molar-refractivity contribution in [3.8, 4) is 0 Å². The van der Waals surface area contributed by atoms with Crippen molar-refractivity contribution < 1.29 is 0 Å². The normalized spacial score (nSPS) is 10.9. The van der Waals surface area contributed by atoms with Gasteiger partial charge in [-0.1, -0.05) is 6.07 Å². The highest BCUT2D eigenvalue weighted by atomic mass is 14.9. The lowest BCUT2D eigenvalue weighted by molar-refractivity contribution is 0.949. The number of benzene rings is 1. The van der Waals surface area contributed by atoms with Gasteiger partial charge >= 0.3 is 0 Å². The molecule has 1 aromatic heterocycles. The zero-order chi connectivity index (χ0) is 9.42. The van der Waals surface area contributed by atoms with Gasteiger partial charge in [0.25, 0.3) is 0 Å². The average molecular weight is 175 g/mol. The van der Waals surface area contributed by atoms with E-state index in [4.69, 9.17) is 11.5 Å². The third-order valence-electron chi connectivity index (χ3n) is 2.32. The summed E-state index contributed by atoms with van der Waals surface area (Å²) in [6.07, 6.45) is 2.05. The van der Waals surface area contributed by atoms with Crippen LogP contribution < -0.4 is 11.5 Å². The van der Waals surface area contributed by atoms with Crippen LogP contribution in [-0.2, 0) is 13.6 Å². The SMILES string of the molecule is Cn1cc(CN)c2ccc(N)cc21. The molecule has 13 heavy (non-hydrogen) atoms. The number of nitrogen functional groups attached to an aromatic ring is 1. The van der Waals surface area contributed by atoms with Crippen LogP contribution in [0.4, 0.5) is 5.69 Å². The fraction of sp³-hybridized carbons (Fsp3) is 0.200. The minimum Gasteiger partial charge on any atom is -0.399 e. The molecule has 4 N–H and O–H groups in total. The van der Waals surface area contributed by atoms with Gasteiger partial charge in [-0.3, -0.25) is 0 Å². The van der Waals surface area contributed by atoms with Crippen molar-refractivity contribution in [2.24, 2.45) is 12.8 Å². The predicted octanol–water partition coefficient (Wildman–Crippen LogP) is 1.22. The second-order valence-corrected chi connectivity index (χ2v) is 3.25. The second-order valence-electron chi connectivity index (χ2n) is 3.25. The summed E-state index contributed by atoms with van der Waals surface area (Å²) in [5.74, 6) is 0. The molecular weight excluding hydrogens is 162 g/mol. The molecule has 0 spiro atoms. The van der Waals surface area contributed by atoms with E-state index in [-0.39, 0.29) is 0 Å². The molecule has 0 radical (unpaired) electrons. The molecule has 0 aliphatic heterocycles. The number of anilines is 1. The maximum Gasteiger partial charge on any atom is 0.0501 e. The van der Waals surface area contributed by atoms with Gasteiger partial charge in [0.2, 0.25) is 0 Å². The molecule has 3 nitrogen and oxygen atoms in total. The summed E-state index contributed by atoms with van der Waals surface area (Å²) in [6.45, 7) is 0.571. The van der Waals surface area contributed by atoms with Gasteiger partial charge in [-0.2, -0.15) is 0 Å². The fourth-order valence-electron chi connectivity index (χ4n) is 1.65. The van der Waals surface area contributed by atoms with Crippen molar-refractivity contribution in [1.82, 2.24) is 4.57 Å². The van der Waals surface area contributed by atoms with Gasteiger partial charge in [-0.25, -0.2) is 0 Å². The zero-order valence-electron chi connectivity index (χ0n) is 7.62. The first-order valence-corrected chi connectivity index (χ1v) is 4.26. The van der Waals surface area contributed by atoms with Gasteiger partial charge in [-0.05, 0) is 17.7 Å². The lowest BCUT2D eigenvalue weighted by atomic mass is 10.1. The van der Waals surface area contributed by atoms with Gasteiger partial charge in [-0.15, -0.1) is 0 Å². The summed E-state index contributed by atoms with van der Waals surface area (Å²) in [5.41, 5.74) is 14.4. The van der Waals surface area contributed by atoms with Crippen molar-refractivity contribution in [3.05, 3.63) is 30.0 Å². The van der Waals surface area contributed by atoms with Crippen LogP contribution in [0.2, 0.25) is 0 Å². The van der Waals surface area contributed by atoms with Crippen molar-refractivity contribution in [2.45, 2.75) is 6.54 Å². The van der Waals surface area contributed by atoms with Crippen LogP contribution in [0.25, 0.3) is 10.9 Å². The Morgan fingerprint density at radius 3 is 2.85 bits per heavy atom. The third-order valence-corrected chi connectivity index (χ3v) is 2.32. The molecule has 1 aromatic carbocycles. The number of aromatic nitrogens is 1. The number of hydrogen-bond acceptors (Lipinski definition) is 2. The number of nitrogens with zero attached hydrogens (tertiary/aromatic N) is 1. The van der Waals surface area contributed by atoms with Crippen LogP contribution in [0.3, 0.4) is 0 Å². The van der Waals surface area contributed by atoms with Crippen molar-refractivity contribution in [2.75, 3.05) is 5.73 Å². The van der Waals surface area contributed by atoms with Crippen LogP contribution in [-0.4, -0.2) is 4.57 Å². The van der Waals surface area contributed by atoms with E-state index in [9.17, 15) is 0 Å². The second kappa shape index (κ2) is 2.78. The van der Waals surface area contributed by atoms with E-state index < -0.39 is 0 Å². The molecule has 0 saturated heterocycles. The Morgan fingerprint density at radius 1 is 1.38 bits per heavy atom. The topological polar surface area (TPSA) is 57.0 Å². The zero-order valence-corrected chi connectivity index (χ0v) is 7.62. The van der Waals surface area contributed by atoms with E-state index in [2.05, 4.69) is 0 Å². The lowest BCUT2D eigenvalue weighted by Crippen LogP contribution is -1.94. The number of fused-ring (bicyclic) bond motifs is 1.